The molecule has 4 nitrogen and oxygen atoms in total. The molecule has 2 aromatic heterocycles. The Morgan fingerprint density at radius 2 is 1.92 bits per heavy atom. The fourth-order valence-electron chi connectivity index (χ4n) is 2.57. The summed E-state index contributed by atoms with van der Waals surface area (Å²) in [4.78, 5) is 12.1. The summed E-state index contributed by atoms with van der Waals surface area (Å²) < 4.78 is 5.83. The minimum Gasteiger partial charge on any atom is -0.456 e. The predicted octanol–water partition coefficient (Wildman–Crippen LogP) is 5.38. The summed E-state index contributed by atoms with van der Waals surface area (Å²) in [6, 6.07) is 15.3. The van der Waals surface area contributed by atoms with Crippen LogP contribution in [0.15, 0.2) is 60.9 Å². The number of H-pyrrole nitrogens is 1. The van der Waals surface area contributed by atoms with E-state index < -0.39 is 0 Å². The summed E-state index contributed by atoms with van der Waals surface area (Å²) in [5, 5.41) is 0.717. The number of fused-ring (bicyclic) bond motifs is 1. The SMILES string of the molecule is Cc1c(Cl)ccc2[nH]c(-c3cccc(Oc4cccnc4)c3)nc12. The lowest BCUT2D eigenvalue weighted by atomic mass is 10.2. The van der Waals surface area contributed by atoms with Gasteiger partial charge in [-0.15, -0.1) is 0 Å². The lowest BCUT2D eigenvalue weighted by Crippen LogP contribution is -1.86. The van der Waals surface area contributed by atoms with Crippen LogP contribution in [-0.4, -0.2) is 15.0 Å². The molecule has 0 amide bonds. The number of benzene rings is 2. The number of imidazole rings is 1. The van der Waals surface area contributed by atoms with Gasteiger partial charge in [-0.25, -0.2) is 4.98 Å². The van der Waals surface area contributed by atoms with Gasteiger partial charge in [-0.2, -0.15) is 0 Å². The lowest BCUT2D eigenvalue weighted by Gasteiger charge is -2.06. The van der Waals surface area contributed by atoms with Crippen LogP contribution in [-0.2, 0) is 0 Å². The van der Waals surface area contributed by atoms with Gasteiger partial charge in [0.1, 0.15) is 17.3 Å². The fourth-order valence-corrected chi connectivity index (χ4v) is 2.73. The van der Waals surface area contributed by atoms with Gasteiger partial charge in [-0.1, -0.05) is 23.7 Å². The highest BCUT2D eigenvalue weighted by Gasteiger charge is 2.10. The number of aromatic amines is 1. The van der Waals surface area contributed by atoms with Gasteiger partial charge in [-0.05, 0) is 48.9 Å². The van der Waals surface area contributed by atoms with Gasteiger partial charge in [0.15, 0.2) is 0 Å². The molecule has 0 fully saturated rings. The molecule has 0 saturated heterocycles. The molecule has 0 spiro atoms. The molecule has 24 heavy (non-hydrogen) atoms. The number of hydrogen-bond donors (Lipinski definition) is 1. The summed E-state index contributed by atoms with van der Waals surface area (Å²) in [5.41, 5.74) is 3.77. The zero-order chi connectivity index (χ0) is 16.5. The number of aromatic nitrogens is 3. The average Bonchev–Trinajstić information content (AvgIpc) is 3.05. The van der Waals surface area contributed by atoms with Crippen LogP contribution in [0.4, 0.5) is 0 Å². The standard InChI is InChI=1S/C19H14ClN3O/c1-12-16(20)7-8-17-18(12)23-19(22-17)13-4-2-5-14(10-13)24-15-6-3-9-21-11-15/h2-11H,1H3,(H,22,23). The Balaban J connectivity index is 1.72. The van der Waals surface area contributed by atoms with E-state index in [1.54, 1.807) is 12.4 Å². The molecule has 5 heteroatoms. The van der Waals surface area contributed by atoms with Crippen LogP contribution >= 0.6 is 11.6 Å². The van der Waals surface area contributed by atoms with Crippen molar-refractivity contribution in [2.75, 3.05) is 0 Å². The third kappa shape index (κ3) is 2.72. The van der Waals surface area contributed by atoms with Crippen LogP contribution in [0.25, 0.3) is 22.4 Å². The van der Waals surface area contributed by atoms with E-state index in [2.05, 4.69) is 15.0 Å². The van der Waals surface area contributed by atoms with Crippen molar-refractivity contribution in [3.8, 4) is 22.9 Å². The van der Waals surface area contributed by atoms with E-state index >= 15 is 0 Å². The minimum absolute atomic E-state index is 0.696. The maximum absolute atomic E-state index is 6.18. The molecule has 0 atom stereocenters. The number of halogens is 1. The van der Waals surface area contributed by atoms with E-state index in [1.165, 1.54) is 0 Å². The van der Waals surface area contributed by atoms with E-state index in [1.807, 2.05) is 55.5 Å². The third-order valence-electron chi connectivity index (χ3n) is 3.82. The molecule has 1 N–H and O–H groups in total. The normalized spacial score (nSPS) is 10.9. The van der Waals surface area contributed by atoms with E-state index in [9.17, 15) is 0 Å². The number of ether oxygens (including phenoxy) is 1. The Morgan fingerprint density at radius 3 is 2.75 bits per heavy atom. The van der Waals surface area contributed by atoms with Crippen molar-refractivity contribution in [2.45, 2.75) is 6.92 Å². The lowest BCUT2D eigenvalue weighted by molar-refractivity contribution is 0.480. The Hall–Kier alpha value is -2.85. The van der Waals surface area contributed by atoms with Gasteiger partial charge < -0.3 is 9.72 Å². The molecule has 4 rings (SSSR count). The van der Waals surface area contributed by atoms with Gasteiger partial charge in [0.05, 0.1) is 17.2 Å². The smallest absolute Gasteiger partial charge is 0.145 e. The Labute approximate surface area is 144 Å². The van der Waals surface area contributed by atoms with Gasteiger partial charge in [-0.3, -0.25) is 4.98 Å². The molecule has 2 heterocycles. The van der Waals surface area contributed by atoms with E-state index in [4.69, 9.17) is 16.3 Å². The number of nitrogens with zero attached hydrogens (tertiary/aromatic N) is 2. The summed E-state index contributed by atoms with van der Waals surface area (Å²) in [5.74, 6) is 2.21. The monoisotopic (exact) mass is 335 g/mol. The van der Waals surface area contributed by atoms with Gasteiger partial charge in [0, 0.05) is 16.8 Å². The molecule has 0 aliphatic heterocycles. The Kier molecular flexibility index (Phi) is 3.67. The van der Waals surface area contributed by atoms with Crippen molar-refractivity contribution < 1.29 is 4.74 Å². The fraction of sp³-hybridized carbons (Fsp3) is 0.0526. The summed E-state index contributed by atoms with van der Waals surface area (Å²) in [6.07, 6.45) is 3.39. The first-order valence-electron chi connectivity index (χ1n) is 7.54. The highest BCUT2D eigenvalue weighted by molar-refractivity contribution is 6.32. The van der Waals surface area contributed by atoms with E-state index in [0.29, 0.717) is 10.8 Å². The molecule has 0 aliphatic carbocycles. The topological polar surface area (TPSA) is 50.8 Å². The number of nitrogens with one attached hydrogen (secondary N) is 1. The zero-order valence-corrected chi connectivity index (χ0v) is 13.7. The number of pyridine rings is 1. The molecular formula is C19H14ClN3O. The largest absolute Gasteiger partial charge is 0.456 e. The average molecular weight is 336 g/mol. The zero-order valence-electron chi connectivity index (χ0n) is 13.0. The van der Waals surface area contributed by atoms with Crippen molar-refractivity contribution in [3.05, 3.63) is 71.5 Å². The Bertz CT molecular complexity index is 1010. The number of aryl methyl sites for hydroxylation is 1. The summed E-state index contributed by atoms with van der Waals surface area (Å²) in [6.45, 7) is 1.97. The van der Waals surface area contributed by atoms with Crippen molar-refractivity contribution in [1.82, 2.24) is 15.0 Å². The highest BCUT2D eigenvalue weighted by atomic mass is 35.5. The van der Waals surface area contributed by atoms with Gasteiger partial charge >= 0.3 is 0 Å². The molecule has 0 aliphatic rings. The first-order chi connectivity index (χ1) is 11.7. The summed E-state index contributed by atoms with van der Waals surface area (Å²) >= 11 is 6.18. The van der Waals surface area contributed by atoms with Gasteiger partial charge in [0.25, 0.3) is 0 Å². The first kappa shape index (κ1) is 14.7. The van der Waals surface area contributed by atoms with Crippen LogP contribution in [0.3, 0.4) is 0 Å². The van der Waals surface area contributed by atoms with Crippen LogP contribution in [0, 0.1) is 6.92 Å². The number of rotatable bonds is 3. The second-order valence-electron chi connectivity index (χ2n) is 5.47. The minimum atomic E-state index is 0.696. The molecule has 0 unspecified atom stereocenters. The molecule has 118 valence electrons. The maximum atomic E-state index is 6.18. The molecule has 2 aromatic carbocycles. The number of hydrogen-bond acceptors (Lipinski definition) is 3. The molecule has 0 saturated carbocycles. The second-order valence-corrected chi connectivity index (χ2v) is 5.88. The molecule has 0 radical (unpaired) electrons. The molecule has 4 aromatic rings. The van der Waals surface area contributed by atoms with Crippen LogP contribution in [0.5, 0.6) is 11.5 Å². The van der Waals surface area contributed by atoms with Crippen molar-refractivity contribution in [3.63, 3.8) is 0 Å². The summed E-state index contributed by atoms with van der Waals surface area (Å²) in [7, 11) is 0. The van der Waals surface area contributed by atoms with Crippen LogP contribution < -0.4 is 4.74 Å². The van der Waals surface area contributed by atoms with Crippen molar-refractivity contribution in [2.24, 2.45) is 0 Å². The maximum Gasteiger partial charge on any atom is 0.145 e. The predicted molar refractivity (Wildman–Crippen MR) is 95.6 cm³/mol. The van der Waals surface area contributed by atoms with E-state index in [0.717, 1.165) is 33.7 Å². The molecule has 0 bridgehead atoms. The third-order valence-corrected chi connectivity index (χ3v) is 4.23. The van der Waals surface area contributed by atoms with Crippen LogP contribution in [0.2, 0.25) is 5.02 Å². The van der Waals surface area contributed by atoms with E-state index in [-0.39, 0.29) is 0 Å². The van der Waals surface area contributed by atoms with Crippen molar-refractivity contribution >= 4 is 22.6 Å². The van der Waals surface area contributed by atoms with Crippen molar-refractivity contribution in [1.29, 1.82) is 0 Å². The second kappa shape index (κ2) is 5.98. The Morgan fingerprint density at radius 1 is 1.04 bits per heavy atom. The molecular weight excluding hydrogens is 322 g/mol. The van der Waals surface area contributed by atoms with Gasteiger partial charge in [0.2, 0.25) is 0 Å². The highest BCUT2D eigenvalue weighted by Crippen LogP contribution is 2.29. The van der Waals surface area contributed by atoms with Crippen LogP contribution in [0.1, 0.15) is 5.56 Å². The first-order valence-corrected chi connectivity index (χ1v) is 7.91. The quantitative estimate of drug-likeness (QED) is 0.547.